The van der Waals surface area contributed by atoms with Crippen LogP contribution in [0.3, 0.4) is 0 Å². The quantitative estimate of drug-likeness (QED) is 0.773. The average molecular weight is 243 g/mol. The number of methoxy groups -OCH3 is 2. The van der Waals surface area contributed by atoms with Crippen molar-refractivity contribution in [2.75, 3.05) is 14.2 Å². The standard InChI is InChI=1S/C14H13NO3/c1-17-12-7-3-6-11(14(12)18-2)13(16)10-5-4-8-15-9-10/h3-9H,1-2H3. The lowest BCUT2D eigenvalue weighted by Crippen LogP contribution is -2.05. The molecule has 0 aliphatic heterocycles. The summed E-state index contributed by atoms with van der Waals surface area (Å²) in [6.07, 6.45) is 3.15. The number of carbonyl (C=O) groups is 1. The fraction of sp³-hybridized carbons (Fsp3) is 0.143. The molecule has 0 unspecified atom stereocenters. The van der Waals surface area contributed by atoms with Gasteiger partial charge in [0.25, 0.3) is 0 Å². The molecule has 92 valence electrons. The highest BCUT2D eigenvalue weighted by Crippen LogP contribution is 2.31. The van der Waals surface area contributed by atoms with E-state index >= 15 is 0 Å². The van der Waals surface area contributed by atoms with Crippen LogP contribution in [0.2, 0.25) is 0 Å². The van der Waals surface area contributed by atoms with Crippen molar-refractivity contribution >= 4 is 5.78 Å². The Kier molecular flexibility index (Phi) is 3.57. The van der Waals surface area contributed by atoms with Crippen LogP contribution in [0.5, 0.6) is 11.5 Å². The Morgan fingerprint density at radius 3 is 2.56 bits per heavy atom. The van der Waals surface area contributed by atoms with Gasteiger partial charge in [0.05, 0.1) is 19.8 Å². The number of rotatable bonds is 4. The minimum absolute atomic E-state index is 0.140. The van der Waals surface area contributed by atoms with Crippen LogP contribution in [0.1, 0.15) is 15.9 Å². The van der Waals surface area contributed by atoms with Crippen LogP contribution in [0, 0.1) is 0 Å². The number of carbonyl (C=O) groups excluding carboxylic acids is 1. The third-order valence-electron chi connectivity index (χ3n) is 2.57. The lowest BCUT2D eigenvalue weighted by Gasteiger charge is -2.11. The second kappa shape index (κ2) is 5.31. The van der Waals surface area contributed by atoms with Crippen LogP contribution < -0.4 is 9.47 Å². The summed E-state index contributed by atoms with van der Waals surface area (Å²) in [6, 6.07) is 8.65. The molecule has 0 amide bonds. The van der Waals surface area contributed by atoms with E-state index in [1.54, 1.807) is 36.5 Å². The normalized spacial score (nSPS) is 9.89. The maximum absolute atomic E-state index is 12.3. The summed E-state index contributed by atoms with van der Waals surface area (Å²) in [6.45, 7) is 0. The second-order valence-corrected chi connectivity index (χ2v) is 3.61. The number of para-hydroxylation sites is 1. The maximum atomic E-state index is 12.3. The first-order valence-electron chi connectivity index (χ1n) is 5.43. The molecule has 0 saturated carbocycles. The molecule has 0 N–H and O–H groups in total. The number of hydrogen-bond acceptors (Lipinski definition) is 4. The lowest BCUT2D eigenvalue weighted by atomic mass is 10.0. The van der Waals surface area contributed by atoms with Crippen molar-refractivity contribution in [3.05, 3.63) is 53.9 Å². The van der Waals surface area contributed by atoms with Crippen molar-refractivity contribution < 1.29 is 14.3 Å². The largest absolute Gasteiger partial charge is 0.493 e. The zero-order chi connectivity index (χ0) is 13.0. The van der Waals surface area contributed by atoms with Crippen LogP contribution in [-0.2, 0) is 0 Å². The van der Waals surface area contributed by atoms with Crippen molar-refractivity contribution in [2.45, 2.75) is 0 Å². The van der Waals surface area contributed by atoms with Crippen LogP contribution in [0.25, 0.3) is 0 Å². The molecule has 0 fully saturated rings. The third-order valence-corrected chi connectivity index (χ3v) is 2.57. The molecule has 18 heavy (non-hydrogen) atoms. The number of benzene rings is 1. The van der Waals surface area contributed by atoms with E-state index in [1.165, 1.54) is 20.4 Å². The highest BCUT2D eigenvalue weighted by Gasteiger charge is 2.17. The highest BCUT2D eigenvalue weighted by atomic mass is 16.5. The first kappa shape index (κ1) is 12.1. The molecule has 0 aliphatic carbocycles. The van der Waals surface area contributed by atoms with E-state index in [-0.39, 0.29) is 5.78 Å². The van der Waals surface area contributed by atoms with E-state index in [4.69, 9.17) is 9.47 Å². The molecule has 1 heterocycles. The van der Waals surface area contributed by atoms with E-state index in [9.17, 15) is 4.79 Å². The molecule has 4 nitrogen and oxygen atoms in total. The zero-order valence-corrected chi connectivity index (χ0v) is 10.2. The van der Waals surface area contributed by atoms with Gasteiger partial charge in [-0.15, -0.1) is 0 Å². The number of ether oxygens (including phenoxy) is 2. The fourth-order valence-corrected chi connectivity index (χ4v) is 1.72. The lowest BCUT2D eigenvalue weighted by molar-refractivity contribution is 0.103. The summed E-state index contributed by atoms with van der Waals surface area (Å²) in [5.41, 5.74) is 0.980. The molecule has 0 radical (unpaired) electrons. The molecule has 1 aromatic carbocycles. The summed E-state index contributed by atoms with van der Waals surface area (Å²) < 4.78 is 10.4. The topological polar surface area (TPSA) is 48.4 Å². The number of pyridine rings is 1. The first-order valence-corrected chi connectivity index (χ1v) is 5.43. The molecule has 0 aliphatic rings. The Labute approximate surface area is 105 Å². The summed E-state index contributed by atoms with van der Waals surface area (Å²) in [7, 11) is 3.05. The molecular formula is C14H13NO3. The summed E-state index contributed by atoms with van der Waals surface area (Å²) in [4.78, 5) is 16.3. The SMILES string of the molecule is COc1cccc(C(=O)c2cccnc2)c1OC. The average Bonchev–Trinajstić information content (AvgIpc) is 2.46. The van der Waals surface area contributed by atoms with E-state index in [0.717, 1.165) is 0 Å². The van der Waals surface area contributed by atoms with Crippen molar-refractivity contribution in [1.82, 2.24) is 4.98 Å². The highest BCUT2D eigenvalue weighted by molar-refractivity contribution is 6.11. The summed E-state index contributed by atoms with van der Waals surface area (Å²) in [5.74, 6) is 0.833. The Hall–Kier alpha value is -2.36. The molecule has 0 bridgehead atoms. The predicted octanol–water partition coefficient (Wildman–Crippen LogP) is 2.33. The molecule has 2 rings (SSSR count). The summed E-state index contributed by atoms with van der Waals surface area (Å²) in [5, 5.41) is 0. The van der Waals surface area contributed by atoms with E-state index < -0.39 is 0 Å². The fourth-order valence-electron chi connectivity index (χ4n) is 1.72. The zero-order valence-electron chi connectivity index (χ0n) is 10.2. The van der Waals surface area contributed by atoms with Gasteiger partial charge in [0.1, 0.15) is 0 Å². The van der Waals surface area contributed by atoms with Gasteiger partial charge in [-0.2, -0.15) is 0 Å². The van der Waals surface area contributed by atoms with Gasteiger partial charge in [-0.25, -0.2) is 0 Å². The van der Waals surface area contributed by atoms with E-state index in [2.05, 4.69) is 4.98 Å². The Morgan fingerprint density at radius 1 is 1.11 bits per heavy atom. The van der Waals surface area contributed by atoms with Crippen molar-refractivity contribution in [3.63, 3.8) is 0 Å². The first-order chi connectivity index (χ1) is 8.77. The van der Waals surface area contributed by atoms with Crippen LogP contribution in [-0.4, -0.2) is 25.0 Å². The summed E-state index contributed by atoms with van der Waals surface area (Å²) >= 11 is 0. The Bertz CT molecular complexity index is 552. The van der Waals surface area contributed by atoms with Crippen LogP contribution in [0.15, 0.2) is 42.7 Å². The predicted molar refractivity (Wildman–Crippen MR) is 67.2 cm³/mol. The molecular weight excluding hydrogens is 230 g/mol. The smallest absolute Gasteiger partial charge is 0.198 e. The monoisotopic (exact) mass is 243 g/mol. The third kappa shape index (κ3) is 2.18. The Morgan fingerprint density at radius 2 is 1.94 bits per heavy atom. The van der Waals surface area contributed by atoms with Crippen LogP contribution in [0.4, 0.5) is 0 Å². The van der Waals surface area contributed by atoms with Gasteiger partial charge in [0, 0.05) is 18.0 Å². The minimum atomic E-state index is -0.140. The number of nitrogens with zero attached hydrogens (tertiary/aromatic N) is 1. The molecule has 1 aromatic heterocycles. The number of ketones is 1. The molecule has 4 heteroatoms. The second-order valence-electron chi connectivity index (χ2n) is 3.61. The minimum Gasteiger partial charge on any atom is -0.493 e. The van der Waals surface area contributed by atoms with Gasteiger partial charge in [0.2, 0.25) is 0 Å². The van der Waals surface area contributed by atoms with Crippen molar-refractivity contribution in [2.24, 2.45) is 0 Å². The molecule has 0 spiro atoms. The molecule has 2 aromatic rings. The van der Waals surface area contributed by atoms with Crippen molar-refractivity contribution in [3.8, 4) is 11.5 Å². The molecule has 0 atom stereocenters. The van der Waals surface area contributed by atoms with Crippen molar-refractivity contribution in [1.29, 1.82) is 0 Å². The van der Waals surface area contributed by atoms with Gasteiger partial charge in [-0.1, -0.05) is 6.07 Å². The van der Waals surface area contributed by atoms with Gasteiger partial charge in [-0.05, 0) is 24.3 Å². The van der Waals surface area contributed by atoms with Gasteiger partial charge >= 0.3 is 0 Å². The van der Waals surface area contributed by atoms with E-state index in [0.29, 0.717) is 22.6 Å². The Balaban J connectivity index is 2.48. The van der Waals surface area contributed by atoms with Crippen LogP contribution >= 0.6 is 0 Å². The molecule has 0 saturated heterocycles. The van der Waals surface area contributed by atoms with Gasteiger partial charge in [0.15, 0.2) is 17.3 Å². The van der Waals surface area contributed by atoms with Gasteiger partial charge in [-0.3, -0.25) is 9.78 Å². The van der Waals surface area contributed by atoms with Gasteiger partial charge < -0.3 is 9.47 Å². The van der Waals surface area contributed by atoms with E-state index in [1.807, 2.05) is 0 Å². The maximum Gasteiger partial charge on any atom is 0.198 e. The number of hydrogen-bond donors (Lipinski definition) is 0. The number of aromatic nitrogens is 1.